The largest absolute Gasteiger partial charge is 0.497 e. The average Bonchev–Trinajstić information content (AvgIpc) is 3.08. The van der Waals surface area contributed by atoms with Crippen LogP contribution >= 0.6 is 11.6 Å². The van der Waals surface area contributed by atoms with E-state index in [0.717, 1.165) is 15.9 Å². The van der Waals surface area contributed by atoms with E-state index in [1.807, 2.05) is 44.2 Å². The number of nitrogens with zero attached hydrogens (tertiary/aromatic N) is 3. The number of amides is 2. The van der Waals surface area contributed by atoms with Gasteiger partial charge in [-0.2, -0.15) is 0 Å². The number of rotatable bonds is 15. The molecule has 0 radical (unpaired) electrons. The Bertz CT molecular complexity index is 1890. The van der Waals surface area contributed by atoms with Gasteiger partial charge in [-0.3, -0.25) is 24.0 Å². The van der Waals surface area contributed by atoms with Gasteiger partial charge in [-0.1, -0.05) is 80.0 Å². The Morgan fingerprint density at radius 2 is 1.61 bits per heavy atom. The van der Waals surface area contributed by atoms with E-state index in [9.17, 15) is 28.1 Å². The van der Waals surface area contributed by atoms with Crippen LogP contribution in [0.15, 0.2) is 102 Å². The summed E-state index contributed by atoms with van der Waals surface area (Å²) in [5.41, 5.74) is 1.35. The summed E-state index contributed by atoms with van der Waals surface area (Å²) in [5.74, 6) is -0.528. The number of aryl methyl sites for hydroxylation is 1. The van der Waals surface area contributed by atoms with Gasteiger partial charge in [0.05, 0.1) is 22.6 Å². The Morgan fingerprint density at radius 3 is 2.22 bits per heavy atom. The minimum atomic E-state index is -4.57. The van der Waals surface area contributed by atoms with Crippen molar-refractivity contribution in [1.29, 1.82) is 0 Å². The summed E-state index contributed by atoms with van der Waals surface area (Å²) in [7, 11) is -3.11. The molecule has 11 nitrogen and oxygen atoms in total. The molecule has 1 atom stereocenters. The maximum Gasteiger partial charge on any atom is 0.273 e. The minimum absolute atomic E-state index is 0.0996. The van der Waals surface area contributed by atoms with Crippen molar-refractivity contribution in [1.82, 2.24) is 10.2 Å². The van der Waals surface area contributed by atoms with Gasteiger partial charge in [0.15, 0.2) is 0 Å². The molecule has 0 saturated heterocycles. The van der Waals surface area contributed by atoms with Gasteiger partial charge in [0.25, 0.3) is 15.7 Å². The van der Waals surface area contributed by atoms with E-state index in [0.29, 0.717) is 22.9 Å². The van der Waals surface area contributed by atoms with Crippen LogP contribution in [0.25, 0.3) is 0 Å². The van der Waals surface area contributed by atoms with Crippen LogP contribution in [0.1, 0.15) is 30.5 Å². The molecule has 13 heteroatoms. The van der Waals surface area contributed by atoms with Crippen molar-refractivity contribution in [3.8, 4) is 5.75 Å². The topological polar surface area (TPSA) is 139 Å². The third-order valence-electron chi connectivity index (χ3n) is 7.86. The molecular formula is C36H39ClN4O7S. The number of sulfonamides is 1. The molecule has 0 fully saturated rings. The Morgan fingerprint density at radius 1 is 0.959 bits per heavy atom. The van der Waals surface area contributed by atoms with E-state index >= 15 is 0 Å². The molecule has 0 aromatic heterocycles. The highest BCUT2D eigenvalue weighted by Crippen LogP contribution is 2.30. The van der Waals surface area contributed by atoms with Crippen LogP contribution in [0.4, 0.5) is 11.4 Å². The number of carbonyl (C=O) groups is 2. The fourth-order valence-electron chi connectivity index (χ4n) is 5.14. The Balaban J connectivity index is 1.85. The quantitative estimate of drug-likeness (QED) is 0.115. The average molecular weight is 707 g/mol. The molecule has 4 rings (SSSR count). The Labute approximate surface area is 291 Å². The Hall–Kier alpha value is -4.94. The van der Waals surface area contributed by atoms with E-state index < -0.39 is 39.3 Å². The summed E-state index contributed by atoms with van der Waals surface area (Å²) >= 11 is 6.54. The van der Waals surface area contributed by atoms with Crippen molar-refractivity contribution in [2.24, 2.45) is 5.92 Å². The molecule has 49 heavy (non-hydrogen) atoms. The first-order chi connectivity index (χ1) is 23.3. The number of anilines is 1. The molecular weight excluding hydrogens is 668 g/mol. The van der Waals surface area contributed by atoms with Gasteiger partial charge in [-0.05, 0) is 60.4 Å². The molecule has 0 spiro atoms. The zero-order valence-corrected chi connectivity index (χ0v) is 29.3. The standard InChI is InChI=1S/C36H39ClN4O7S/c1-25(2)22-38-36(43)34(20-27-10-6-5-7-11-27)39(23-28-12-8-9-13-32(28)37)35(42)24-40(29-15-17-30(48-4)18-16-29)49(46,47)31-19-14-26(3)33(21-31)41(44)45/h5-19,21,25,34H,20,22-24H2,1-4H3,(H,38,43). The fraction of sp³-hybridized carbons (Fsp3) is 0.278. The van der Waals surface area contributed by atoms with Crippen molar-refractivity contribution >= 4 is 44.8 Å². The maximum atomic E-state index is 14.6. The lowest BCUT2D eigenvalue weighted by atomic mass is 10.0. The SMILES string of the molecule is COc1ccc(N(CC(=O)N(Cc2ccccc2Cl)C(Cc2ccccc2)C(=O)NCC(C)C)S(=O)(=O)c2ccc(C)c([N+](=O)[O-])c2)cc1. The molecule has 258 valence electrons. The molecule has 1 N–H and O–H groups in total. The lowest BCUT2D eigenvalue weighted by molar-refractivity contribution is -0.385. The maximum absolute atomic E-state index is 14.6. The minimum Gasteiger partial charge on any atom is -0.497 e. The molecule has 0 saturated carbocycles. The van der Waals surface area contributed by atoms with Gasteiger partial charge in [0.2, 0.25) is 11.8 Å². The third kappa shape index (κ3) is 9.36. The van der Waals surface area contributed by atoms with Crippen LogP contribution in [0.3, 0.4) is 0 Å². The molecule has 1 unspecified atom stereocenters. The summed E-state index contributed by atoms with van der Waals surface area (Å²) < 4.78 is 34.8. The number of carbonyl (C=O) groups excluding carboxylic acids is 2. The van der Waals surface area contributed by atoms with Gasteiger partial charge in [0.1, 0.15) is 18.3 Å². The number of ether oxygens (including phenoxy) is 1. The number of hydrogen-bond acceptors (Lipinski definition) is 7. The second-order valence-corrected chi connectivity index (χ2v) is 14.1. The number of nitrogens with one attached hydrogen (secondary N) is 1. The van der Waals surface area contributed by atoms with Crippen LogP contribution in [-0.2, 0) is 32.6 Å². The summed E-state index contributed by atoms with van der Waals surface area (Å²) in [6, 6.07) is 24.7. The first-order valence-corrected chi connectivity index (χ1v) is 17.4. The normalized spacial score (nSPS) is 11.9. The van der Waals surface area contributed by atoms with Crippen LogP contribution in [-0.4, -0.2) is 56.3 Å². The predicted molar refractivity (Wildman–Crippen MR) is 189 cm³/mol. The molecule has 0 heterocycles. The van der Waals surface area contributed by atoms with E-state index in [4.69, 9.17) is 16.3 Å². The number of benzene rings is 4. The van der Waals surface area contributed by atoms with Crippen molar-refractivity contribution in [3.63, 3.8) is 0 Å². The molecule has 0 aliphatic carbocycles. The monoisotopic (exact) mass is 706 g/mol. The van der Waals surface area contributed by atoms with Crippen LogP contribution < -0.4 is 14.4 Å². The lowest BCUT2D eigenvalue weighted by Crippen LogP contribution is -2.53. The van der Waals surface area contributed by atoms with E-state index in [1.54, 1.807) is 36.4 Å². The number of halogens is 1. The van der Waals surface area contributed by atoms with E-state index in [-0.39, 0.29) is 40.7 Å². The predicted octanol–water partition coefficient (Wildman–Crippen LogP) is 6.17. The summed E-state index contributed by atoms with van der Waals surface area (Å²) in [5, 5.41) is 15.0. The van der Waals surface area contributed by atoms with Crippen LogP contribution in [0.2, 0.25) is 5.02 Å². The van der Waals surface area contributed by atoms with Gasteiger partial charge < -0.3 is 15.0 Å². The van der Waals surface area contributed by atoms with E-state index in [1.165, 1.54) is 43.2 Å². The van der Waals surface area contributed by atoms with Gasteiger partial charge in [0, 0.05) is 36.2 Å². The molecule has 0 aliphatic heterocycles. The number of methoxy groups -OCH3 is 1. The first-order valence-electron chi connectivity index (χ1n) is 15.6. The molecule has 2 amide bonds. The van der Waals surface area contributed by atoms with E-state index in [2.05, 4.69) is 5.32 Å². The summed E-state index contributed by atoms with van der Waals surface area (Å²) in [4.78, 5) is 40.6. The van der Waals surface area contributed by atoms with Crippen molar-refractivity contribution < 1.29 is 27.7 Å². The second-order valence-electron chi connectivity index (χ2n) is 11.9. The second kappa shape index (κ2) is 16.4. The van der Waals surface area contributed by atoms with Crippen molar-refractivity contribution in [2.45, 2.75) is 44.7 Å². The molecule has 4 aromatic carbocycles. The lowest BCUT2D eigenvalue weighted by Gasteiger charge is -2.34. The third-order valence-corrected chi connectivity index (χ3v) is 10.00. The summed E-state index contributed by atoms with van der Waals surface area (Å²) in [6.07, 6.45) is 0.139. The number of nitro groups is 1. The van der Waals surface area contributed by atoms with Crippen molar-refractivity contribution in [2.75, 3.05) is 24.5 Å². The van der Waals surface area contributed by atoms with Gasteiger partial charge in [-0.15, -0.1) is 0 Å². The zero-order chi connectivity index (χ0) is 35.7. The molecule has 0 bridgehead atoms. The van der Waals surface area contributed by atoms with Gasteiger partial charge >= 0.3 is 0 Å². The van der Waals surface area contributed by atoms with Crippen LogP contribution in [0.5, 0.6) is 5.75 Å². The van der Waals surface area contributed by atoms with Crippen LogP contribution in [0, 0.1) is 23.0 Å². The Kier molecular flexibility index (Phi) is 12.4. The van der Waals surface area contributed by atoms with Crippen molar-refractivity contribution in [3.05, 3.63) is 129 Å². The fourth-order valence-corrected chi connectivity index (χ4v) is 6.77. The zero-order valence-electron chi connectivity index (χ0n) is 27.7. The number of hydrogen-bond donors (Lipinski definition) is 1. The highest BCUT2D eigenvalue weighted by Gasteiger charge is 2.35. The highest BCUT2D eigenvalue weighted by atomic mass is 35.5. The molecule has 4 aromatic rings. The first kappa shape index (κ1) is 36.9. The molecule has 0 aliphatic rings. The summed E-state index contributed by atoms with van der Waals surface area (Å²) in [6.45, 7) is 4.93. The smallest absolute Gasteiger partial charge is 0.273 e. The van der Waals surface area contributed by atoms with Gasteiger partial charge in [-0.25, -0.2) is 8.42 Å². The number of nitro benzene ring substituents is 1. The highest BCUT2D eigenvalue weighted by molar-refractivity contribution is 7.92.